The molecule has 2 aromatic rings. The quantitative estimate of drug-likeness (QED) is 0.594. The van der Waals surface area contributed by atoms with Gasteiger partial charge in [0.1, 0.15) is 5.69 Å². The normalized spacial score (nSPS) is 22.8. The van der Waals surface area contributed by atoms with Crippen LogP contribution in [0.4, 0.5) is 0 Å². The second-order valence-electron chi connectivity index (χ2n) is 5.63. The molecule has 1 saturated heterocycles. The fraction of sp³-hybridized carbons (Fsp3) is 0.333. The van der Waals surface area contributed by atoms with Crippen LogP contribution in [-0.2, 0) is 25.0 Å². The molecule has 1 aromatic carbocycles. The fourth-order valence-corrected chi connectivity index (χ4v) is 3.47. The van der Waals surface area contributed by atoms with E-state index in [1.807, 2.05) is 30.5 Å². The van der Waals surface area contributed by atoms with Gasteiger partial charge in [-0.15, -0.1) is 0 Å². The van der Waals surface area contributed by atoms with Crippen molar-refractivity contribution in [3.63, 3.8) is 0 Å². The Labute approximate surface area is 130 Å². The number of aryl methyl sites for hydroxylation is 1. The van der Waals surface area contributed by atoms with Crippen molar-refractivity contribution in [2.24, 2.45) is 0 Å². The summed E-state index contributed by atoms with van der Waals surface area (Å²) < 4.78 is 12.5. The molecule has 1 aromatic heterocycles. The molecule has 1 fully saturated rings. The van der Waals surface area contributed by atoms with Gasteiger partial charge in [-0.25, -0.2) is 14.9 Å². The van der Waals surface area contributed by atoms with E-state index in [4.69, 9.17) is 21.1 Å². The first-order valence-electron chi connectivity index (χ1n) is 6.95. The molecular formula is C15H13ClN2O4. The number of esters is 2. The first kappa shape index (κ1) is 13.6. The average Bonchev–Trinajstić information content (AvgIpc) is 2.92. The summed E-state index contributed by atoms with van der Waals surface area (Å²) >= 11 is 6.12. The SMILES string of the molecule is Cc1c2n(c3cc(Cl)ccc13)[C@H](C)CNC21OC(=O)C(=O)O1. The van der Waals surface area contributed by atoms with Gasteiger partial charge in [-0.05, 0) is 31.5 Å². The Morgan fingerprint density at radius 1 is 1.32 bits per heavy atom. The number of rotatable bonds is 0. The molecule has 22 heavy (non-hydrogen) atoms. The Morgan fingerprint density at radius 2 is 2.00 bits per heavy atom. The van der Waals surface area contributed by atoms with Gasteiger partial charge in [-0.3, -0.25) is 0 Å². The number of fused-ring (bicyclic) bond motifs is 4. The van der Waals surface area contributed by atoms with E-state index in [0.29, 0.717) is 17.3 Å². The predicted molar refractivity (Wildman–Crippen MR) is 78.3 cm³/mol. The molecule has 1 spiro atoms. The highest BCUT2D eigenvalue weighted by Gasteiger charge is 2.55. The number of halogens is 1. The summed E-state index contributed by atoms with van der Waals surface area (Å²) in [6, 6.07) is 5.67. The highest BCUT2D eigenvalue weighted by Crippen LogP contribution is 2.42. The third-order valence-corrected chi connectivity index (χ3v) is 4.48. The highest BCUT2D eigenvalue weighted by molar-refractivity contribution is 6.31. The van der Waals surface area contributed by atoms with Gasteiger partial charge in [0.05, 0.1) is 5.52 Å². The Balaban J connectivity index is 2.06. The first-order valence-corrected chi connectivity index (χ1v) is 7.32. The Hall–Kier alpha value is -2.05. The van der Waals surface area contributed by atoms with Gasteiger partial charge in [0.25, 0.3) is 0 Å². The molecule has 1 atom stereocenters. The van der Waals surface area contributed by atoms with Gasteiger partial charge in [-0.1, -0.05) is 17.7 Å². The second-order valence-corrected chi connectivity index (χ2v) is 6.07. The van der Waals surface area contributed by atoms with Crippen LogP contribution < -0.4 is 5.32 Å². The van der Waals surface area contributed by atoms with Gasteiger partial charge < -0.3 is 14.0 Å². The number of nitrogens with one attached hydrogen (secondary N) is 1. The molecule has 0 saturated carbocycles. The number of benzene rings is 1. The van der Waals surface area contributed by atoms with Gasteiger partial charge in [0, 0.05) is 23.0 Å². The second kappa shape index (κ2) is 4.24. The molecule has 4 rings (SSSR count). The third-order valence-electron chi connectivity index (χ3n) is 4.24. The zero-order valence-corrected chi connectivity index (χ0v) is 12.7. The number of hydrogen-bond donors (Lipinski definition) is 1. The van der Waals surface area contributed by atoms with E-state index < -0.39 is 17.8 Å². The van der Waals surface area contributed by atoms with Crippen molar-refractivity contribution in [1.82, 2.24) is 9.88 Å². The van der Waals surface area contributed by atoms with Crippen LogP contribution in [-0.4, -0.2) is 23.1 Å². The minimum atomic E-state index is -1.55. The summed E-state index contributed by atoms with van der Waals surface area (Å²) in [5.41, 5.74) is 2.43. The summed E-state index contributed by atoms with van der Waals surface area (Å²) in [5, 5.41) is 4.64. The van der Waals surface area contributed by atoms with Crippen LogP contribution >= 0.6 is 11.6 Å². The molecule has 0 unspecified atom stereocenters. The summed E-state index contributed by atoms with van der Waals surface area (Å²) in [7, 11) is 0. The largest absolute Gasteiger partial charge is 0.422 e. The lowest BCUT2D eigenvalue weighted by molar-refractivity contribution is -0.207. The lowest BCUT2D eigenvalue weighted by Gasteiger charge is -2.36. The van der Waals surface area contributed by atoms with Crippen LogP contribution in [0.5, 0.6) is 0 Å². The van der Waals surface area contributed by atoms with Crippen LogP contribution in [0.25, 0.3) is 10.9 Å². The number of carbonyl (C=O) groups excluding carboxylic acids is 2. The van der Waals surface area contributed by atoms with Gasteiger partial charge >= 0.3 is 17.8 Å². The van der Waals surface area contributed by atoms with E-state index in [2.05, 4.69) is 5.32 Å². The molecule has 6 nitrogen and oxygen atoms in total. The Bertz CT molecular complexity index is 826. The number of nitrogens with zero attached hydrogens (tertiary/aromatic N) is 1. The van der Waals surface area contributed by atoms with Gasteiger partial charge in [-0.2, -0.15) is 0 Å². The van der Waals surface area contributed by atoms with E-state index >= 15 is 0 Å². The number of hydrogen-bond acceptors (Lipinski definition) is 5. The van der Waals surface area contributed by atoms with Crippen LogP contribution in [0.3, 0.4) is 0 Å². The highest BCUT2D eigenvalue weighted by atomic mass is 35.5. The lowest BCUT2D eigenvalue weighted by atomic mass is 10.1. The van der Waals surface area contributed by atoms with Gasteiger partial charge in [0.15, 0.2) is 0 Å². The molecule has 114 valence electrons. The molecule has 0 radical (unpaired) electrons. The molecular weight excluding hydrogens is 308 g/mol. The smallest absolute Gasteiger partial charge is 0.394 e. The van der Waals surface area contributed by atoms with Crippen molar-refractivity contribution in [3.05, 3.63) is 34.5 Å². The standard InChI is InChI=1S/C15H13ClN2O4/c1-7-6-17-15(21-13(19)14(20)22-15)12-8(2)10-4-3-9(16)5-11(10)18(7)12/h3-5,7,17H,6H2,1-2H3/t7-/m1/s1. The van der Waals surface area contributed by atoms with Crippen LogP contribution in [0.15, 0.2) is 18.2 Å². The number of aromatic nitrogens is 1. The van der Waals surface area contributed by atoms with Crippen molar-refractivity contribution in [1.29, 1.82) is 0 Å². The maximum absolute atomic E-state index is 11.6. The molecule has 7 heteroatoms. The molecule has 0 amide bonds. The van der Waals surface area contributed by atoms with E-state index in [1.165, 1.54) is 0 Å². The zero-order chi connectivity index (χ0) is 15.6. The van der Waals surface area contributed by atoms with E-state index in [1.54, 1.807) is 6.07 Å². The molecule has 2 aliphatic rings. The lowest BCUT2D eigenvalue weighted by Crippen LogP contribution is -2.52. The Kier molecular flexibility index (Phi) is 2.62. The maximum Gasteiger partial charge on any atom is 0.422 e. The zero-order valence-electron chi connectivity index (χ0n) is 12.0. The van der Waals surface area contributed by atoms with E-state index in [9.17, 15) is 9.59 Å². The maximum atomic E-state index is 11.6. The minimum absolute atomic E-state index is 0.0910. The summed E-state index contributed by atoms with van der Waals surface area (Å²) in [6.45, 7) is 4.43. The minimum Gasteiger partial charge on any atom is -0.394 e. The number of carbonyl (C=O) groups is 2. The average molecular weight is 321 g/mol. The first-order chi connectivity index (χ1) is 10.4. The topological polar surface area (TPSA) is 69.6 Å². The molecule has 0 aliphatic carbocycles. The van der Waals surface area contributed by atoms with E-state index in [0.717, 1.165) is 16.5 Å². The van der Waals surface area contributed by atoms with Crippen molar-refractivity contribution in [2.75, 3.05) is 6.54 Å². The molecule has 2 aliphatic heterocycles. The van der Waals surface area contributed by atoms with Crippen LogP contribution in [0.2, 0.25) is 5.02 Å². The Morgan fingerprint density at radius 3 is 2.68 bits per heavy atom. The predicted octanol–water partition coefficient (Wildman–Crippen LogP) is 1.98. The summed E-state index contributed by atoms with van der Waals surface area (Å²) in [4.78, 5) is 23.1. The number of ether oxygens (including phenoxy) is 2. The molecule has 3 heterocycles. The van der Waals surface area contributed by atoms with E-state index in [-0.39, 0.29) is 6.04 Å². The van der Waals surface area contributed by atoms with Crippen LogP contribution in [0.1, 0.15) is 24.2 Å². The van der Waals surface area contributed by atoms with Crippen molar-refractivity contribution < 1.29 is 19.1 Å². The van der Waals surface area contributed by atoms with Crippen molar-refractivity contribution in [3.8, 4) is 0 Å². The summed E-state index contributed by atoms with van der Waals surface area (Å²) in [6.07, 6.45) is 0. The van der Waals surface area contributed by atoms with Gasteiger partial charge in [0.2, 0.25) is 0 Å². The van der Waals surface area contributed by atoms with Crippen LogP contribution in [0, 0.1) is 6.92 Å². The monoisotopic (exact) mass is 320 g/mol. The molecule has 0 bridgehead atoms. The summed E-state index contributed by atoms with van der Waals surface area (Å²) in [5.74, 6) is -3.52. The molecule has 1 N–H and O–H groups in total. The fourth-order valence-electron chi connectivity index (χ4n) is 3.30. The van der Waals surface area contributed by atoms with Crippen molar-refractivity contribution >= 4 is 34.4 Å². The van der Waals surface area contributed by atoms with Crippen molar-refractivity contribution in [2.45, 2.75) is 25.8 Å². The third kappa shape index (κ3) is 1.59.